The summed E-state index contributed by atoms with van der Waals surface area (Å²) in [5.41, 5.74) is 5.19. The van der Waals surface area contributed by atoms with E-state index in [1.165, 1.54) is 22.5 Å². The van der Waals surface area contributed by atoms with Gasteiger partial charge in [0.05, 0.1) is 0 Å². The fraction of sp³-hybridized carbons (Fsp3) is 0.368. The van der Waals surface area contributed by atoms with Crippen molar-refractivity contribution >= 4 is 27.8 Å². The van der Waals surface area contributed by atoms with Gasteiger partial charge >= 0.3 is 0 Å². The number of benzene rings is 2. The molecule has 124 valence electrons. The van der Waals surface area contributed by atoms with Crippen LogP contribution in [0.25, 0.3) is 0 Å². The third-order valence-corrected chi connectivity index (χ3v) is 5.43. The lowest BCUT2D eigenvalue weighted by molar-refractivity contribution is 1.19. The molecular weight excluding hydrogens is 312 g/mol. The first kappa shape index (κ1) is 17.8. The molecule has 0 bridgehead atoms. The third-order valence-electron chi connectivity index (χ3n) is 3.35. The first-order valence-electron chi connectivity index (χ1n) is 8.35. The standard InChI is InChI=1S/C19H30N2Si2/c1-22(2,3)20-18-11-7-16(8-12-18)15-17-9-13-19(14-10-17)21-23(4,5)6/h7-14,20-21H,15H2,1-6H3. The molecule has 0 fully saturated rings. The van der Waals surface area contributed by atoms with Gasteiger partial charge in [-0.3, -0.25) is 0 Å². The second kappa shape index (κ2) is 6.93. The van der Waals surface area contributed by atoms with Crippen molar-refractivity contribution in [3.63, 3.8) is 0 Å². The Labute approximate surface area is 143 Å². The third kappa shape index (κ3) is 6.63. The van der Waals surface area contributed by atoms with Gasteiger partial charge in [-0.2, -0.15) is 0 Å². The zero-order valence-electron chi connectivity index (χ0n) is 15.3. The van der Waals surface area contributed by atoms with Gasteiger partial charge in [-0.15, -0.1) is 0 Å². The Bertz CT molecular complexity index is 563. The Morgan fingerprint density at radius 1 is 0.565 bits per heavy atom. The van der Waals surface area contributed by atoms with Crippen LogP contribution in [0.4, 0.5) is 11.4 Å². The molecule has 0 atom stereocenters. The van der Waals surface area contributed by atoms with Crippen molar-refractivity contribution in [2.45, 2.75) is 45.7 Å². The molecule has 0 aromatic heterocycles. The Balaban J connectivity index is 1.99. The van der Waals surface area contributed by atoms with Crippen LogP contribution in [0.15, 0.2) is 48.5 Å². The van der Waals surface area contributed by atoms with Crippen LogP contribution < -0.4 is 9.96 Å². The summed E-state index contributed by atoms with van der Waals surface area (Å²) in [7, 11) is -2.54. The molecular formula is C19H30N2Si2. The van der Waals surface area contributed by atoms with Gasteiger partial charge in [0, 0.05) is 11.4 Å². The van der Waals surface area contributed by atoms with E-state index in [0.717, 1.165) is 6.42 Å². The fourth-order valence-electron chi connectivity index (χ4n) is 2.51. The zero-order valence-corrected chi connectivity index (χ0v) is 17.3. The molecule has 0 saturated heterocycles. The van der Waals surface area contributed by atoms with Crippen molar-refractivity contribution in [1.29, 1.82) is 0 Å². The smallest absolute Gasteiger partial charge is 0.144 e. The SMILES string of the molecule is C[Si](C)(C)Nc1ccc(Cc2ccc(N[Si](C)(C)C)cc2)cc1. The van der Waals surface area contributed by atoms with Crippen molar-refractivity contribution in [3.8, 4) is 0 Å². The van der Waals surface area contributed by atoms with Gasteiger partial charge in [-0.25, -0.2) is 0 Å². The van der Waals surface area contributed by atoms with Gasteiger partial charge in [0.1, 0.15) is 16.5 Å². The molecule has 2 N–H and O–H groups in total. The molecule has 2 rings (SSSR count). The van der Waals surface area contributed by atoms with Gasteiger partial charge in [-0.1, -0.05) is 63.5 Å². The predicted octanol–water partition coefficient (Wildman–Crippen LogP) is 5.77. The second-order valence-electron chi connectivity index (χ2n) is 8.32. The lowest BCUT2D eigenvalue weighted by Gasteiger charge is -2.20. The molecule has 0 aliphatic heterocycles. The number of hydrogen-bond donors (Lipinski definition) is 2. The van der Waals surface area contributed by atoms with E-state index in [0.29, 0.717) is 0 Å². The molecule has 4 heteroatoms. The molecule has 0 spiro atoms. The minimum absolute atomic E-state index is 0.987. The van der Waals surface area contributed by atoms with E-state index in [1.807, 2.05) is 0 Å². The Hall–Kier alpha value is -1.53. The van der Waals surface area contributed by atoms with E-state index in [1.54, 1.807) is 0 Å². The van der Waals surface area contributed by atoms with Crippen LogP contribution in [0.2, 0.25) is 39.3 Å². The molecule has 2 aromatic rings. The molecule has 0 saturated carbocycles. The molecule has 0 aliphatic carbocycles. The lowest BCUT2D eigenvalue weighted by atomic mass is 10.0. The molecule has 23 heavy (non-hydrogen) atoms. The highest BCUT2D eigenvalue weighted by atomic mass is 28.3. The van der Waals surface area contributed by atoms with Crippen LogP contribution >= 0.6 is 0 Å². The van der Waals surface area contributed by atoms with E-state index < -0.39 is 16.5 Å². The number of nitrogens with one attached hydrogen (secondary N) is 2. The van der Waals surface area contributed by atoms with E-state index in [4.69, 9.17) is 0 Å². The van der Waals surface area contributed by atoms with Gasteiger partial charge in [-0.05, 0) is 41.8 Å². The highest BCUT2D eigenvalue weighted by Gasteiger charge is 2.13. The fourth-order valence-corrected chi connectivity index (χ4v) is 4.58. The molecule has 0 amide bonds. The maximum atomic E-state index is 3.64. The summed E-state index contributed by atoms with van der Waals surface area (Å²) in [6.07, 6.45) is 0.987. The topological polar surface area (TPSA) is 24.1 Å². The summed E-state index contributed by atoms with van der Waals surface area (Å²) in [5.74, 6) is 0. The van der Waals surface area contributed by atoms with E-state index in [-0.39, 0.29) is 0 Å². The maximum absolute atomic E-state index is 3.64. The zero-order chi connectivity index (χ0) is 17.1. The summed E-state index contributed by atoms with van der Waals surface area (Å²) in [6.45, 7) is 13.9. The van der Waals surface area contributed by atoms with Crippen molar-refractivity contribution in [1.82, 2.24) is 0 Å². The van der Waals surface area contributed by atoms with Crippen LogP contribution in [-0.2, 0) is 6.42 Å². The highest BCUT2D eigenvalue weighted by molar-refractivity contribution is 6.79. The predicted molar refractivity (Wildman–Crippen MR) is 110 cm³/mol. The van der Waals surface area contributed by atoms with Crippen molar-refractivity contribution in [3.05, 3.63) is 59.7 Å². The minimum atomic E-state index is -1.27. The van der Waals surface area contributed by atoms with Crippen LogP contribution in [0, 0.1) is 0 Å². The van der Waals surface area contributed by atoms with Gasteiger partial charge in [0.2, 0.25) is 0 Å². The molecule has 2 nitrogen and oxygen atoms in total. The van der Waals surface area contributed by atoms with Crippen LogP contribution in [0.1, 0.15) is 11.1 Å². The summed E-state index contributed by atoms with van der Waals surface area (Å²) in [6, 6.07) is 17.7. The monoisotopic (exact) mass is 342 g/mol. The highest BCUT2D eigenvalue weighted by Crippen LogP contribution is 2.18. The van der Waals surface area contributed by atoms with Gasteiger partial charge in [0.25, 0.3) is 0 Å². The second-order valence-corrected chi connectivity index (χ2v) is 17.8. The minimum Gasteiger partial charge on any atom is -0.411 e. The van der Waals surface area contributed by atoms with Crippen molar-refractivity contribution in [2.24, 2.45) is 0 Å². The number of anilines is 2. The number of rotatable bonds is 6. The molecule has 2 aromatic carbocycles. The average molecular weight is 343 g/mol. The lowest BCUT2D eigenvalue weighted by Crippen LogP contribution is -2.32. The molecule has 0 unspecified atom stereocenters. The summed E-state index contributed by atoms with van der Waals surface area (Å²) < 4.78 is 0. The normalized spacial score (nSPS) is 12.1. The Morgan fingerprint density at radius 3 is 1.13 bits per heavy atom. The Kier molecular flexibility index (Phi) is 5.37. The van der Waals surface area contributed by atoms with Crippen LogP contribution in [-0.4, -0.2) is 16.5 Å². The van der Waals surface area contributed by atoms with E-state index in [2.05, 4.69) is 97.8 Å². The van der Waals surface area contributed by atoms with Crippen LogP contribution in [0.5, 0.6) is 0 Å². The maximum Gasteiger partial charge on any atom is 0.144 e. The molecule has 0 heterocycles. The van der Waals surface area contributed by atoms with Crippen molar-refractivity contribution < 1.29 is 0 Å². The quantitative estimate of drug-likeness (QED) is 0.651. The Morgan fingerprint density at radius 2 is 0.870 bits per heavy atom. The van der Waals surface area contributed by atoms with Gasteiger partial charge < -0.3 is 9.96 Å². The molecule has 0 aliphatic rings. The van der Waals surface area contributed by atoms with E-state index >= 15 is 0 Å². The average Bonchev–Trinajstić information content (AvgIpc) is 2.40. The first-order valence-corrected chi connectivity index (χ1v) is 15.3. The van der Waals surface area contributed by atoms with E-state index in [9.17, 15) is 0 Å². The number of hydrogen-bond acceptors (Lipinski definition) is 2. The summed E-state index contributed by atoms with van der Waals surface area (Å²) >= 11 is 0. The van der Waals surface area contributed by atoms with Crippen LogP contribution in [0.3, 0.4) is 0 Å². The summed E-state index contributed by atoms with van der Waals surface area (Å²) in [4.78, 5) is 7.27. The first-order chi connectivity index (χ1) is 10.6. The summed E-state index contributed by atoms with van der Waals surface area (Å²) in [5, 5.41) is 0. The largest absolute Gasteiger partial charge is 0.411 e. The van der Waals surface area contributed by atoms with Crippen molar-refractivity contribution in [2.75, 3.05) is 9.96 Å². The molecule has 0 radical (unpaired) electrons. The van der Waals surface area contributed by atoms with Gasteiger partial charge in [0.15, 0.2) is 0 Å².